The summed E-state index contributed by atoms with van der Waals surface area (Å²) < 4.78 is 2.06. The summed E-state index contributed by atoms with van der Waals surface area (Å²) in [6.07, 6.45) is 1.04. The first-order chi connectivity index (χ1) is 16.6. The third-order valence-electron chi connectivity index (χ3n) is 5.97. The summed E-state index contributed by atoms with van der Waals surface area (Å²) in [6, 6.07) is 18.5. The lowest BCUT2D eigenvalue weighted by Gasteiger charge is -2.30. The molecule has 8 heteroatoms. The van der Waals surface area contributed by atoms with Crippen molar-refractivity contribution in [1.82, 2.24) is 14.8 Å². The molecule has 2 aromatic heterocycles. The normalized spacial score (nSPS) is 13.1. The third-order valence-corrected chi connectivity index (χ3v) is 7.96. The van der Waals surface area contributed by atoms with E-state index in [9.17, 15) is 4.79 Å². The van der Waals surface area contributed by atoms with Gasteiger partial charge in [0.15, 0.2) is 11.0 Å². The van der Waals surface area contributed by atoms with Crippen molar-refractivity contribution in [2.24, 2.45) is 0 Å². The molecule has 0 spiro atoms. The number of thioether (sulfide) groups is 1. The maximum atomic E-state index is 12.9. The Morgan fingerprint density at radius 2 is 2.03 bits per heavy atom. The van der Waals surface area contributed by atoms with Gasteiger partial charge in [0.2, 0.25) is 5.91 Å². The summed E-state index contributed by atoms with van der Waals surface area (Å²) in [5.41, 5.74) is 5.52. The Morgan fingerprint density at radius 1 is 1.15 bits per heavy atom. The van der Waals surface area contributed by atoms with Crippen LogP contribution in [0.1, 0.15) is 22.9 Å². The van der Waals surface area contributed by atoms with Crippen molar-refractivity contribution in [3.63, 3.8) is 0 Å². The molecule has 0 atom stereocenters. The molecule has 174 valence electrons. The van der Waals surface area contributed by atoms with Crippen LogP contribution < -0.4 is 10.2 Å². The van der Waals surface area contributed by atoms with Crippen LogP contribution >= 0.6 is 23.1 Å². The number of hydrogen-bond donors (Lipinski definition) is 1. The van der Waals surface area contributed by atoms with E-state index in [4.69, 9.17) is 0 Å². The fourth-order valence-corrected chi connectivity index (χ4v) is 6.00. The van der Waals surface area contributed by atoms with Gasteiger partial charge in [-0.2, -0.15) is 0 Å². The minimum Gasteiger partial charge on any atom is -0.365 e. The third kappa shape index (κ3) is 4.74. The van der Waals surface area contributed by atoms with Gasteiger partial charge in [-0.3, -0.25) is 4.79 Å². The van der Waals surface area contributed by atoms with E-state index in [0.717, 1.165) is 54.0 Å². The Balaban J connectivity index is 1.27. The fourth-order valence-electron chi connectivity index (χ4n) is 4.30. The molecule has 0 unspecified atom stereocenters. The molecular formula is C26H27N5OS2. The molecule has 34 heavy (non-hydrogen) atoms. The van der Waals surface area contributed by atoms with E-state index in [1.54, 1.807) is 0 Å². The molecule has 0 saturated heterocycles. The fraction of sp³-hybridized carbons (Fsp3) is 0.269. The minimum absolute atomic E-state index is 0.0477. The maximum Gasteiger partial charge on any atom is 0.234 e. The van der Waals surface area contributed by atoms with E-state index < -0.39 is 0 Å². The van der Waals surface area contributed by atoms with Crippen LogP contribution in [0.25, 0.3) is 11.4 Å². The van der Waals surface area contributed by atoms with Gasteiger partial charge < -0.3 is 14.8 Å². The maximum absolute atomic E-state index is 12.9. The highest BCUT2D eigenvalue weighted by Gasteiger charge is 2.20. The van der Waals surface area contributed by atoms with E-state index in [1.807, 2.05) is 41.7 Å². The largest absolute Gasteiger partial charge is 0.365 e. The van der Waals surface area contributed by atoms with Gasteiger partial charge >= 0.3 is 0 Å². The van der Waals surface area contributed by atoms with Crippen molar-refractivity contribution >= 4 is 40.4 Å². The second-order valence-corrected chi connectivity index (χ2v) is 10.3. The lowest BCUT2D eigenvalue weighted by Crippen LogP contribution is -2.30. The van der Waals surface area contributed by atoms with Crippen molar-refractivity contribution in [3.05, 3.63) is 76.0 Å². The molecule has 2 aromatic carbocycles. The van der Waals surface area contributed by atoms with Gasteiger partial charge in [0, 0.05) is 30.1 Å². The SMILES string of the molecule is CCn1c(SCC(=O)Nc2ccccc2N2CCc3sccc3C2)nnc1-c1cccc(C)c1. The number of amides is 1. The number of para-hydroxylation sites is 2. The summed E-state index contributed by atoms with van der Waals surface area (Å²) in [5, 5.41) is 14.8. The molecule has 4 aromatic rings. The van der Waals surface area contributed by atoms with Gasteiger partial charge in [-0.25, -0.2) is 0 Å². The topological polar surface area (TPSA) is 63.1 Å². The molecule has 0 radical (unpaired) electrons. The van der Waals surface area contributed by atoms with E-state index in [0.29, 0.717) is 0 Å². The number of aryl methyl sites for hydroxylation is 1. The number of carbonyl (C=O) groups is 1. The average Bonchev–Trinajstić information content (AvgIpc) is 3.49. The molecule has 3 heterocycles. The summed E-state index contributed by atoms with van der Waals surface area (Å²) in [6.45, 7) is 6.71. The second-order valence-electron chi connectivity index (χ2n) is 8.31. The first kappa shape index (κ1) is 22.7. The zero-order chi connectivity index (χ0) is 23.5. The molecule has 6 nitrogen and oxygen atoms in total. The van der Waals surface area contributed by atoms with Crippen LogP contribution in [0.4, 0.5) is 11.4 Å². The van der Waals surface area contributed by atoms with Crippen LogP contribution in [0.3, 0.4) is 0 Å². The van der Waals surface area contributed by atoms with Crippen LogP contribution in [-0.4, -0.2) is 33.0 Å². The molecule has 5 rings (SSSR count). The number of hydrogen-bond acceptors (Lipinski definition) is 6. The summed E-state index contributed by atoms with van der Waals surface area (Å²) in [7, 11) is 0. The van der Waals surface area contributed by atoms with E-state index in [2.05, 4.69) is 68.5 Å². The molecule has 0 saturated carbocycles. The van der Waals surface area contributed by atoms with Crippen molar-refractivity contribution < 1.29 is 4.79 Å². The lowest BCUT2D eigenvalue weighted by molar-refractivity contribution is -0.113. The highest BCUT2D eigenvalue weighted by molar-refractivity contribution is 7.99. The molecule has 1 aliphatic heterocycles. The van der Waals surface area contributed by atoms with Gasteiger partial charge in [0.25, 0.3) is 0 Å². The first-order valence-corrected chi connectivity index (χ1v) is 13.3. The summed E-state index contributed by atoms with van der Waals surface area (Å²) in [4.78, 5) is 16.7. The van der Waals surface area contributed by atoms with Gasteiger partial charge in [0.05, 0.1) is 17.1 Å². The second kappa shape index (κ2) is 10.0. The van der Waals surface area contributed by atoms with Gasteiger partial charge in [-0.1, -0.05) is 47.7 Å². The number of nitrogens with one attached hydrogen (secondary N) is 1. The van der Waals surface area contributed by atoms with Gasteiger partial charge in [-0.15, -0.1) is 21.5 Å². The number of fused-ring (bicyclic) bond motifs is 1. The van der Waals surface area contributed by atoms with Crippen molar-refractivity contribution in [2.45, 2.75) is 38.5 Å². The highest BCUT2D eigenvalue weighted by Crippen LogP contribution is 2.32. The predicted octanol–water partition coefficient (Wildman–Crippen LogP) is 5.63. The number of carbonyl (C=O) groups excluding carboxylic acids is 1. The number of anilines is 2. The molecule has 0 fully saturated rings. The smallest absolute Gasteiger partial charge is 0.234 e. The van der Waals surface area contributed by atoms with E-state index in [1.165, 1.54) is 27.8 Å². The van der Waals surface area contributed by atoms with Gasteiger partial charge in [0.1, 0.15) is 0 Å². The highest BCUT2D eigenvalue weighted by atomic mass is 32.2. The Bertz CT molecular complexity index is 1310. The molecule has 0 bridgehead atoms. The van der Waals surface area contributed by atoms with Crippen molar-refractivity contribution in [2.75, 3.05) is 22.5 Å². The lowest BCUT2D eigenvalue weighted by atomic mass is 10.1. The molecule has 0 aliphatic carbocycles. The quantitative estimate of drug-likeness (QED) is 0.341. The van der Waals surface area contributed by atoms with E-state index >= 15 is 0 Å². The van der Waals surface area contributed by atoms with Gasteiger partial charge in [-0.05, 0) is 55.5 Å². The van der Waals surface area contributed by atoms with Crippen LogP contribution in [0.2, 0.25) is 0 Å². The summed E-state index contributed by atoms with van der Waals surface area (Å²) in [5.74, 6) is 1.06. The number of thiophene rings is 1. The first-order valence-electron chi connectivity index (χ1n) is 11.4. The van der Waals surface area contributed by atoms with Crippen LogP contribution in [0.15, 0.2) is 65.1 Å². The Hall–Kier alpha value is -3.10. The average molecular weight is 490 g/mol. The zero-order valence-electron chi connectivity index (χ0n) is 19.3. The number of nitrogens with zero attached hydrogens (tertiary/aromatic N) is 4. The monoisotopic (exact) mass is 489 g/mol. The molecule has 1 amide bonds. The number of rotatable bonds is 7. The van der Waals surface area contributed by atoms with Crippen molar-refractivity contribution in [1.29, 1.82) is 0 Å². The van der Waals surface area contributed by atoms with Crippen LogP contribution in [0, 0.1) is 6.92 Å². The molecule has 1 N–H and O–H groups in total. The summed E-state index contributed by atoms with van der Waals surface area (Å²) >= 11 is 3.25. The standard InChI is InChI=1S/C26H27N5OS2/c1-3-31-25(19-8-6-7-18(2)15-19)28-29-26(31)34-17-24(32)27-21-9-4-5-10-22(21)30-13-11-23-20(16-30)12-14-33-23/h4-10,12,14-15H,3,11,13,16-17H2,1-2H3,(H,27,32). The Labute approximate surface area is 208 Å². The number of aromatic nitrogens is 3. The Morgan fingerprint density at radius 3 is 2.88 bits per heavy atom. The number of benzene rings is 2. The predicted molar refractivity (Wildman–Crippen MR) is 141 cm³/mol. The van der Waals surface area contributed by atoms with Crippen molar-refractivity contribution in [3.8, 4) is 11.4 Å². The van der Waals surface area contributed by atoms with Crippen LogP contribution in [-0.2, 0) is 24.3 Å². The molecule has 1 aliphatic rings. The van der Waals surface area contributed by atoms with E-state index in [-0.39, 0.29) is 11.7 Å². The zero-order valence-corrected chi connectivity index (χ0v) is 21.0. The minimum atomic E-state index is -0.0477. The Kier molecular flexibility index (Phi) is 6.69. The van der Waals surface area contributed by atoms with Crippen LogP contribution in [0.5, 0.6) is 0 Å². The molecular weight excluding hydrogens is 462 g/mol.